The highest BCUT2D eigenvalue weighted by molar-refractivity contribution is 7.22. The molecule has 0 spiro atoms. The van der Waals surface area contributed by atoms with Crippen molar-refractivity contribution in [2.45, 2.75) is 13.0 Å². The van der Waals surface area contributed by atoms with Crippen molar-refractivity contribution in [3.63, 3.8) is 0 Å². The zero-order chi connectivity index (χ0) is 19.3. The number of carbonyl (C=O) groups is 1. The molecule has 3 aromatic carbocycles. The van der Waals surface area contributed by atoms with E-state index in [1.807, 2.05) is 78.9 Å². The van der Waals surface area contributed by atoms with E-state index < -0.39 is 0 Å². The van der Waals surface area contributed by atoms with E-state index in [1.54, 1.807) is 12.0 Å². The zero-order valence-electron chi connectivity index (χ0n) is 15.5. The third kappa shape index (κ3) is 4.05. The summed E-state index contributed by atoms with van der Waals surface area (Å²) in [6.45, 7) is 0.490. The Bertz CT molecular complexity index is 1080. The third-order valence-electron chi connectivity index (χ3n) is 4.50. The van der Waals surface area contributed by atoms with Gasteiger partial charge in [-0.15, -0.1) is 0 Å². The second-order valence-corrected chi connectivity index (χ2v) is 7.47. The molecule has 1 amide bonds. The summed E-state index contributed by atoms with van der Waals surface area (Å²) < 4.78 is 6.33. The molecule has 0 bridgehead atoms. The van der Waals surface area contributed by atoms with Gasteiger partial charge in [0.2, 0.25) is 5.91 Å². The first-order chi connectivity index (χ1) is 13.7. The number of ether oxygens (including phenoxy) is 1. The lowest BCUT2D eigenvalue weighted by Gasteiger charge is -2.20. The first-order valence-corrected chi connectivity index (χ1v) is 9.87. The van der Waals surface area contributed by atoms with Crippen molar-refractivity contribution >= 4 is 32.6 Å². The monoisotopic (exact) mass is 388 g/mol. The second kappa shape index (κ2) is 8.23. The fourth-order valence-corrected chi connectivity index (χ4v) is 3.99. The molecule has 0 N–H and O–H groups in total. The van der Waals surface area contributed by atoms with E-state index in [2.05, 4.69) is 0 Å². The maximum absolute atomic E-state index is 13.2. The third-order valence-corrected chi connectivity index (χ3v) is 5.56. The van der Waals surface area contributed by atoms with Gasteiger partial charge in [0.1, 0.15) is 5.75 Å². The summed E-state index contributed by atoms with van der Waals surface area (Å²) >= 11 is 1.52. The fraction of sp³-hybridized carbons (Fsp3) is 0.130. The second-order valence-electron chi connectivity index (χ2n) is 6.46. The van der Waals surface area contributed by atoms with E-state index in [0.717, 1.165) is 27.1 Å². The van der Waals surface area contributed by atoms with E-state index in [1.165, 1.54) is 11.3 Å². The van der Waals surface area contributed by atoms with E-state index in [-0.39, 0.29) is 5.91 Å². The molecule has 0 aliphatic heterocycles. The molecule has 0 aliphatic carbocycles. The van der Waals surface area contributed by atoms with Gasteiger partial charge in [0, 0.05) is 6.07 Å². The molecule has 4 nitrogen and oxygen atoms in total. The van der Waals surface area contributed by atoms with Crippen molar-refractivity contribution in [3.05, 3.63) is 90.0 Å². The van der Waals surface area contributed by atoms with Crippen LogP contribution >= 0.6 is 11.3 Å². The Morgan fingerprint density at radius 3 is 2.32 bits per heavy atom. The molecule has 0 atom stereocenters. The van der Waals surface area contributed by atoms with Crippen LogP contribution in [0.1, 0.15) is 11.1 Å². The minimum atomic E-state index is 0.0288. The van der Waals surface area contributed by atoms with Gasteiger partial charge in [-0.05, 0) is 23.3 Å². The van der Waals surface area contributed by atoms with Gasteiger partial charge in [-0.1, -0.05) is 72.0 Å². The van der Waals surface area contributed by atoms with Crippen LogP contribution in [0.25, 0.3) is 10.2 Å². The van der Waals surface area contributed by atoms with Crippen molar-refractivity contribution in [2.24, 2.45) is 0 Å². The lowest BCUT2D eigenvalue weighted by Crippen LogP contribution is -2.31. The van der Waals surface area contributed by atoms with Crippen LogP contribution in [0.3, 0.4) is 0 Å². The number of aromatic nitrogens is 1. The number of nitrogens with zero attached hydrogens (tertiary/aromatic N) is 2. The summed E-state index contributed by atoms with van der Waals surface area (Å²) in [7, 11) is 1.64. The predicted molar refractivity (Wildman–Crippen MR) is 114 cm³/mol. The van der Waals surface area contributed by atoms with Gasteiger partial charge in [-0.2, -0.15) is 0 Å². The molecular weight excluding hydrogens is 368 g/mol. The Morgan fingerprint density at radius 2 is 1.64 bits per heavy atom. The van der Waals surface area contributed by atoms with Crippen LogP contribution in [-0.4, -0.2) is 18.0 Å². The molecular formula is C23H20N2O2S. The van der Waals surface area contributed by atoms with Crippen LogP contribution in [0.2, 0.25) is 0 Å². The summed E-state index contributed by atoms with van der Waals surface area (Å²) in [5.74, 6) is 0.788. The lowest BCUT2D eigenvalue weighted by molar-refractivity contribution is -0.118. The summed E-state index contributed by atoms with van der Waals surface area (Å²) in [6, 6.07) is 25.6. The number of fused-ring (bicyclic) bond motifs is 1. The Kier molecular flexibility index (Phi) is 5.35. The highest BCUT2D eigenvalue weighted by Crippen LogP contribution is 2.32. The maximum Gasteiger partial charge on any atom is 0.233 e. The van der Waals surface area contributed by atoms with E-state index in [9.17, 15) is 4.79 Å². The first kappa shape index (κ1) is 18.2. The molecule has 1 aromatic heterocycles. The summed E-state index contributed by atoms with van der Waals surface area (Å²) in [4.78, 5) is 19.7. The van der Waals surface area contributed by atoms with Gasteiger partial charge in [-0.3, -0.25) is 9.69 Å². The molecule has 4 aromatic rings. The van der Waals surface area contributed by atoms with Crippen LogP contribution in [0.5, 0.6) is 5.75 Å². The Hall–Kier alpha value is -3.18. The average molecular weight is 388 g/mol. The van der Waals surface area contributed by atoms with Crippen molar-refractivity contribution in [2.75, 3.05) is 12.0 Å². The summed E-state index contributed by atoms with van der Waals surface area (Å²) in [5, 5.41) is 0.702. The van der Waals surface area contributed by atoms with Crippen LogP contribution in [-0.2, 0) is 17.8 Å². The number of amides is 1. The number of rotatable bonds is 6. The Labute approximate surface area is 168 Å². The van der Waals surface area contributed by atoms with E-state index in [0.29, 0.717) is 18.1 Å². The molecule has 5 heteroatoms. The molecule has 0 aliphatic rings. The molecule has 140 valence electrons. The first-order valence-electron chi connectivity index (χ1n) is 9.06. The standard InChI is InChI=1S/C23H20N2O2S/c1-27-19-12-13-21-20(15-19)24-23(28-21)25(16-18-10-6-3-7-11-18)22(26)14-17-8-4-2-5-9-17/h2-13,15H,14,16H2,1H3. The number of methoxy groups -OCH3 is 1. The average Bonchev–Trinajstić information content (AvgIpc) is 3.16. The SMILES string of the molecule is COc1ccc2sc(N(Cc3ccccc3)C(=O)Cc3ccccc3)nc2c1. The van der Waals surface area contributed by atoms with Crippen LogP contribution in [0.4, 0.5) is 5.13 Å². The number of carbonyl (C=O) groups excluding carboxylic acids is 1. The molecule has 0 radical (unpaired) electrons. The molecule has 28 heavy (non-hydrogen) atoms. The Balaban J connectivity index is 1.68. The largest absolute Gasteiger partial charge is 0.497 e. The van der Waals surface area contributed by atoms with Gasteiger partial charge in [0.05, 0.1) is 30.3 Å². The highest BCUT2D eigenvalue weighted by atomic mass is 32.1. The minimum Gasteiger partial charge on any atom is -0.497 e. The van der Waals surface area contributed by atoms with E-state index >= 15 is 0 Å². The topological polar surface area (TPSA) is 42.4 Å². The van der Waals surface area contributed by atoms with Gasteiger partial charge < -0.3 is 4.74 Å². The van der Waals surface area contributed by atoms with Crippen LogP contribution in [0, 0.1) is 0 Å². The number of hydrogen-bond acceptors (Lipinski definition) is 4. The predicted octanol–water partition coefficient (Wildman–Crippen LogP) is 5.08. The van der Waals surface area contributed by atoms with Gasteiger partial charge in [0.25, 0.3) is 0 Å². The fourth-order valence-electron chi connectivity index (χ4n) is 3.03. The summed E-state index contributed by atoms with van der Waals surface area (Å²) in [6.07, 6.45) is 0.340. The molecule has 1 heterocycles. The molecule has 0 saturated carbocycles. The lowest BCUT2D eigenvalue weighted by atomic mass is 10.1. The van der Waals surface area contributed by atoms with Gasteiger partial charge in [-0.25, -0.2) is 4.98 Å². The van der Waals surface area contributed by atoms with Gasteiger partial charge in [0.15, 0.2) is 5.13 Å². The molecule has 0 saturated heterocycles. The normalized spacial score (nSPS) is 10.8. The number of thiazole rings is 1. The van der Waals surface area contributed by atoms with Crippen LogP contribution < -0.4 is 9.64 Å². The van der Waals surface area contributed by atoms with Crippen molar-refractivity contribution in [1.82, 2.24) is 4.98 Å². The van der Waals surface area contributed by atoms with Gasteiger partial charge >= 0.3 is 0 Å². The number of anilines is 1. The van der Waals surface area contributed by atoms with Crippen LogP contribution in [0.15, 0.2) is 78.9 Å². The molecule has 0 fully saturated rings. The Morgan fingerprint density at radius 1 is 0.964 bits per heavy atom. The minimum absolute atomic E-state index is 0.0288. The quantitative estimate of drug-likeness (QED) is 0.462. The van der Waals surface area contributed by atoms with Crippen molar-refractivity contribution < 1.29 is 9.53 Å². The van der Waals surface area contributed by atoms with Crippen molar-refractivity contribution in [1.29, 1.82) is 0 Å². The maximum atomic E-state index is 13.2. The van der Waals surface area contributed by atoms with E-state index in [4.69, 9.17) is 9.72 Å². The number of benzene rings is 3. The zero-order valence-corrected chi connectivity index (χ0v) is 16.4. The van der Waals surface area contributed by atoms with Crippen molar-refractivity contribution in [3.8, 4) is 5.75 Å². The smallest absolute Gasteiger partial charge is 0.233 e. The molecule has 4 rings (SSSR count). The highest BCUT2D eigenvalue weighted by Gasteiger charge is 2.20. The summed E-state index contributed by atoms with van der Waals surface area (Å²) in [5.41, 5.74) is 2.90. The number of hydrogen-bond donors (Lipinski definition) is 0. The molecule has 0 unspecified atom stereocenters.